The fraction of sp³-hybridized carbons (Fsp3) is 0.364. The molecule has 0 saturated heterocycles. The van der Waals surface area contributed by atoms with E-state index in [9.17, 15) is 0 Å². The minimum Gasteiger partial charge on any atom is -0.494 e. The van der Waals surface area contributed by atoms with E-state index in [2.05, 4.69) is 63.7 Å². The summed E-state index contributed by atoms with van der Waals surface area (Å²) in [6, 6.07) is 28.5. The van der Waals surface area contributed by atoms with Gasteiger partial charge in [-0.25, -0.2) is 5.01 Å². The number of para-hydroxylation sites is 2. The third-order valence-electron chi connectivity index (χ3n) is 6.94. The van der Waals surface area contributed by atoms with Gasteiger partial charge in [-0.15, -0.1) is 0 Å². The van der Waals surface area contributed by atoms with Gasteiger partial charge in [-0.2, -0.15) is 5.10 Å². The molecule has 3 aromatic carbocycles. The fourth-order valence-corrected chi connectivity index (χ4v) is 3.94. The SMILES string of the molecule is C=C(CCCCCCCOc1ccc(/C=N/N(c2ccccc2)c2ccccc2)cc1)C(C)(C)CC. The van der Waals surface area contributed by atoms with E-state index in [1.54, 1.807) is 0 Å². The van der Waals surface area contributed by atoms with Crippen molar-refractivity contribution < 1.29 is 4.74 Å². The molecule has 0 atom stereocenters. The number of unbranched alkanes of at least 4 members (excludes halogenated alkanes) is 4. The van der Waals surface area contributed by atoms with Crippen LogP contribution in [0.25, 0.3) is 0 Å². The van der Waals surface area contributed by atoms with E-state index in [-0.39, 0.29) is 5.41 Å². The van der Waals surface area contributed by atoms with E-state index < -0.39 is 0 Å². The van der Waals surface area contributed by atoms with Crippen LogP contribution >= 0.6 is 0 Å². The zero-order valence-corrected chi connectivity index (χ0v) is 22.3. The predicted molar refractivity (Wildman–Crippen MR) is 155 cm³/mol. The molecular formula is C33H42N2O. The molecule has 0 unspecified atom stereocenters. The first-order valence-electron chi connectivity index (χ1n) is 13.3. The largest absolute Gasteiger partial charge is 0.494 e. The second-order valence-corrected chi connectivity index (χ2v) is 10.0. The smallest absolute Gasteiger partial charge is 0.119 e. The van der Waals surface area contributed by atoms with Gasteiger partial charge < -0.3 is 4.74 Å². The van der Waals surface area contributed by atoms with Crippen LogP contribution in [-0.2, 0) is 0 Å². The first-order chi connectivity index (χ1) is 17.5. The van der Waals surface area contributed by atoms with Crippen molar-refractivity contribution in [2.45, 2.75) is 65.7 Å². The molecule has 3 aromatic rings. The summed E-state index contributed by atoms with van der Waals surface area (Å²) in [5.74, 6) is 0.910. The molecule has 0 bridgehead atoms. The molecule has 0 radical (unpaired) electrons. The monoisotopic (exact) mass is 482 g/mol. The van der Waals surface area contributed by atoms with Crippen molar-refractivity contribution in [1.29, 1.82) is 0 Å². The first kappa shape index (κ1) is 27.3. The summed E-state index contributed by atoms with van der Waals surface area (Å²) < 4.78 is 5.96. The number of nitrogens with zero attached hydrogens (tertiary/aromatic N) is 2. The van der Waals surface area contributed by atoms with Gasteiger partial charge in [0.1, 0.15) is 5.75 Å². The molecule has 190 valence electrons. The molecule has 0 heterocycles. The lowest BCUT2D eigenvalue weighted by molar-refractivity contribution is 0.304. The number of hydrogen-bond donors (Lipinski definition) is 0. The number of hydrazone groups is 1. The zero-order valence-electron chi connectivity index (χ0n) is 22.3. The Balaban J connectivity index is 1.40. The van der Waals surface area contributed by atoms with Gasteiger partial charge in [0.2, 0.25) is 0 Å². The van der Waals surface area contributed by atoms with E-state index in [1.807, 2.05) is 59.8 Å². The van der Waals surface area contributed by atoms with E-state index in [1.165, 1.54) is 31.3 Å². The Kier molecular flexibility index (Phi) is 10.8. The maximum absolute atomic E-state index is 5.96. The second-order valence-electron chi connectivity index (χ2n) is 10.0. The molecule has 0 aliphatic carbocycles. The minimum atomic E-state index is 0.276. The van der Waals surface area contributed by atoms with Gasteiger partial charge in [0.25, 0.3) is 0 Å². The molecule has 3 rings (SSSR count). The highest BCUT2D eigenvalue weighted by Crippen LogP contribution is 2.32. The van der Waals surface area contributed by atoms with Crippen LogP contribution in [0.1, 0.15) is 71.3 Å². The first-order valence-corrected chi connectivity index (χ1v) is 13.3. The summed E-state index contributed by atoms with van der Waals surface area (Å²) in [4.78, 5) is 0. The van der Waals surface area contributed by atoms with Crippen molar-refractivity contribution in [2.75, 3.05) is 11.6 Å². The van der Waals surface area contributed by atoms with Crippen LogP contribution in [0.2, 0.25) is 0 Å². The van der Waals surface area contributed by atoms with Crippen LogP contribution in [0.3, 0.4) is 0 Å². The number of hydrogen-bond acceptors (Lipinski definition) is 3. The van der Waals surface area contributed by atoms with E-state index in [0.717, 1.165) is 48.6 Å². The van der Waals surface area contributed by atoms with Crippen molar-refractivity contribution in [3.8, 4) is 5.75 Å². The van der Waals surface area contributed by atoms with Gasteiger partial charge >= 0.3 is 0 Å². The van der Waals surface area contributed by atoms with Crippen molar-refractivity contribution >= 4 is 17.6 Å². The normalized spacial score (nSPS) is 11.5. The molecule has 0 N–H and O–H groups in total. The number of ether oxygens (including phenoxy) is 1. The van der Waals surface area contributed by atoms with E-state index in [0.29, 0.717) is 0 Å². The Hall–Kier alpha value is -3.33. The van der Waals surface area contributed by atoms with Crippen molar-refractivity contribution in [2.24, 2.45) is 10.5 Å². The maximum Gasteiger partial charge on any atom is 0.119 e. The van der Waals surface area contributed by atoms with Gasteiger partial charge in [0.15, 0.2) is 0 Å². The molecule has 0 amide bonds. The predicted octanol–water partition coefficient (Wildman–Crippen LogP) is 9.57. The number of benzene rings is 3. The number of anilines is 2. The number of rotatable bonds is 15. The van der Waals surface area contributed by atoms with Gasteiger partial charge in [0.05, 0.1) is 24.2 Å². The molecule has 0 spiro atoms. The Bertz CT molecular complexity index is 1020. The van der Waals surface area contributed by atoms with Gasteiger partial charge in [0, 0.05) is 0 Å². The maximum atomic E-state index is 5.96. The summed E-state index contributed by atoms with van der Waals surface area (Å²) in [6.07, 6.45) is 10.3. The molecule has 0 aliphatic heterocycles. The molecule has 0 aromatic heterocycles. The van der Waals surface area contributed by atoms with Gasteiger partial charge in [-0.3, -0.25) is 0 Å². The van der Waals surface area contributed by atoms with E-state index >= 15 is 0 Å². The molecule has 36 heavy (non-hydrogen) atoms. The van der Waals surface area contributed by atoms with Crippen LogP contribution in [-0.4, -0.2) is 12.8 Å². The number of allylic oxidation sites excluding steroid dienone is 1. The third-order valence-corrected chi connectivity index (χ3v) is 6.94. The lowest BCUT2D eigenvalue weighted by Crippen LogP contribution is -2.12. The molecule has 3 nitrogen and oxygen atoms in total. The van der Waals surface area contributed by atoms with Crippen LogP contribution < -0.4 is 9.75 Å². The third kappa shape index (κ3) is 8.71. The van der Waals surface area contributed by atoms with Crippen molar-refractivity contribution in [1.82, 2.24) is 0 Å². The lowest BCUT2D eigenvalue weighted by atomic mass is 9.80. The lowest BCUT2D eigenvalue weighted by Gasteiger charge is -2.25. The Morgan fingerprint density at radius 1 is 0.806 bits per heavy atom. The van der Waals surface area contributed by atoms with Crippen LogP contribution in [0.15, 0.2) is 102 Å². The standard InChI is InChI=1S/C33H42N2O/c1-5-33(3,4)28(2)17-11-7-6-8-16-26-36-32-24-22-29(23-25-32)27-34-35(30-18-12-9-13-19-30)31-20-14-10-15-21-31/h9-10,12-15,18-25,27H,2,5-8,11,16-17,26H2,1,3-4H3/b34-27+. The average molecular weight is 483 g/mol. The zero-order chi connectivity index (χ0) is 25.6. The molecule has 3 heteroatoms. The van der Waals surface area contributed by atoms with Crippen LogP contribution in [0, 0.1) is 5.41 Å². The summed E-state index contributed by atoms with van der Waals surface area (Å²) >= 11 is 0. The van der Waals surface area contributed by atoms with Gasteiger partial charge in [-0.1, -0.05) is 88.6 Å². The second kappa shape index (κ2) is 14.3. The van der Waals surface area contributed by atoms with Gasteiger partial charge in [-0.05, 0) is 85.2 Å². The highest BCUT2D eigenvalue weighted by molar-refractivity contribution is 5.82. The minimum absolute atomic E-state index is 0.276. The topological polar surface area (TPSA) is 24.8 Å². The summed E-state index contributed by atoms with van der Waals surface area (Å²) in [7, 11) is 0. The molecule has 0 fully saturated rings. The Morgan fingerprint density at radius 2 is 1.36 bits per heavy atom. The van der Waals surface area contributed by atoms with Crippen LogP contribution in [0.5, 0.6) is 5.75 Å². The van der Waals surface area contributed by atoms with Crippen molar-refractivity contribution in [3.05, 3.63) is 103 Å². The Labute approximate surface area is 218 Å². The molecule has 0 saturated carbocycles. The van der Waals surface area contributed by atoms with E-state index in [4.69, 9.17) is 9.84 Å². The van der Waals surface area contributed by atoms with Crippen LogP contribution in [0.4, 0.5) is 11.4 Å². The molecular weight excluding hydrogens is 440 g/mol. The highest BCUT2D eigenvalue weighted by atomic mass is 16.5. The summed E-state index contributed by atoms with van der Waals surface area (Å²) in [5.41, 5.74) is 4.75. The van der Waals surface area contributed by atoms with Crippen molar-refractivity contribution in [3.63, 3.8) is 0 Å². The fourth-order valence-electron chi connectivity index (χ4n) is 3.94. The quantitative estimate of drug-likeness (QED) is 0.0932. The summed E-state index contributed by atoms with van der Waals surface area (Å²) in [5, 5.41) is 6.72. The average Bonchev–Trinajstić information content (AvgIpc) is 2.92. The highest BCUT2D eigenvalue weighted by Gasteiger charge is 2.18. The summed E-state index contributed by atoms with van der Waals surface area (Å²) in [6.45, 7) is 11.9. The molecule has 0 aliphatic rings. The Morgan fingerprint density at radius 3 is 1.94 bits per heavy atom.